The predicted molar refractivity (Wildman–Crippen MR) is 311 cm³/mol. The third-order valence-corrected chi connectivity index (χ3v) is 14.4. The molecule has 0 fully saturated rings. The second kappa shape index (κ2) is 19.9. The Hall–Kier alpha value is -9.54. The zero-order valence-electron chi connectivity index (χ0n) is 51.7. The van der Waals surface area contributed by atoms with Crippen LogP contribution in [-0.4, -0.2) is 20.8 Å². The second-order valence-electron chi connectivity index (χ2n) is 18.8. The van der Waals surface area contributed by atoms with E-state index in [2.05, 4.69) is 116 Å². The standard InChI is InChI=1S/C69H45BN6O.Pt/c1-46-18-15-19-47(2)68(46)70-59-28-9-11-30-62(59)75(63-31-12-10-29-60(63)70)52-38-39-72-67(42-52)76-61-37-34-48(44-71)40-58(61)57-36-35-54(43-66(57)76)77-53-25-16-24-51(41-53)73-45-74(65-33-14-13-32-64(65)73)69-55(49-20-5-3-6-21-49)26-17-27-56(69)50-22-7-4-8-23-50;/h3-40,42H,1-2H3;/q-2;/i3D,4D,5D,6D,7D,8D,20D,21D,22D,23D;. The molecule has 0 atom stereocenters. The fourth-order valence-electron chi connectivity index (χ4n) is 11.1. The van der Waals surface area contributed by atoms with Gasteiger partial charge in [0, 0.05) is 61.7 Å². The van der Waals surface area contributed by atoms with E-state index in [1.165, 1.54) is 27.5 Å². The topological polar surface area (TPSA) is 62.9 Å². The number of nitriles is 1. The SMILES string of the molecule is [2H]c1c([2H])c([2H])c(-c2cccc(-c3c([2H])c([2H])c([2H])c([2H])c3[2H])c2-[n+]2[c-]n(-c3[c-]c(Oc4[c-]c5c(cc4)c4cc(C#N)ccc4n5-c4cc(N5c6ccccc6B(c6c(C)cccc6C)c6ccccc65)ccn4)ccc3)c3ccccc32)c([2H])c1[2H].[Pt]. The first kappa shape index (κ1) is 38.1. The summed E-state index contributed by atoms with van der Waals surface area (Å²) in [5, 5.41) is 11.8. The molecule has 78 heavy (non-hydrogen) atoms. The van der Waals surface area contributed by atoms with Crippen molar-refractivity contribution in [2.75, 3.05) is 4.90 Å². The van der Waals surface area contributed by atoms with Gasteiger partial charge >= 0.3 is 0 Å². The van der Waals surface area contributed by atoms with E-state index in [4.69, 9.17) is 23.4 Å². The maximum absolute atomic E-state index is 10.1. The van der Waals surface area contributed by atoms with Gasteiger partial charge in [0.05, 0.1) is 47.7 Å². The number of aromatic nitrogens is 4. The van der Waals surface area contributed by atoms with E-state index in [0.29, 0.717) is 45.1 Å². The smallest absolute Gasteiger partial charge is 0.268 e. The van der Waals surface area contributed by atoms with Gasteiger partial charge in [-0.15, -0.1) is 29.7 Å². The molecular weight excluding hydrogens is 1130 g/mol. The van der Waals surface area contributed by atoms with Crippen molar-refractivity contribution < 1.29 is 44.1 Å². The Morgan fingerprint density at radius 3 is 1.96 bits per heavy atom. The van der Waals surface area contributed by atoms with Gasteiger partial charge in [0.1, 0.15) is 5.82 Å². The zero-order chi connectivity index (χ0) is 60.3. The zero-order valence-corrected chi connectivity index (χ0v) is 44.0. The summed E-state index contributed by atoms with van der Waals surface area (Å²) < 4.78 is 99.7. The summed E-state index contributed by atoms with van der Waals surface area (Å²) in [6.45, 7) is 4.37. The van der Waals surface area contributed by atoms with E-state index in [9.17, 15) is 5.26 Å². The fourth-order valence-corrected chi connectivity index (χ4v) is 11.1. The van der Waals surface area contributed by atoms with Crippen LogP contribution in [-0.2, 0) is 21.1 Å². The van der Waals surface area contributed by atoms with E-state index >= 15 is 0 Å². The number of imidazole rings is 1. The molecule has 0 bridgehead atoms. The summed E-state index contributed by atoms with van der Waals surface area (Å²) in [5.74, 6) is 1.26. The second-order valence-corrected chi connectivity index (χ2v) is 18.8. The van der Waals surface area contributed by atoms with Crippen molar-refractivity contribution in [1.29, 1.82) is 5.26 Å². The van der Waals surface area contributed by atoms with Gasteiger partial charge in [0.2, 0.25) is 6.71 Å². The van der Waals surface area contributed by atoms with Gasteiger partial charge in [-0.2, -0.15) is 23.5 Å². The average molecular weight is 1190 g/mol. The molecule has 14 rings (SSSR count). The number of nitrogens with zero attached hydrogens (tertiary/aromatic N) is 6. The number of pyridine rings is 1. The molecular formula is C69H45BN6OPt-2. The summed E-state index contributed by atoms with van der Waals surface area (Å²) >= 11 is 0. The molecule has 13 aromatic rings. The quantitative estimate of drug-likeness (QED) is 0.0821. The van der Waals surface area contributed by atoms with Gasteiger partial charge in [-0.3, -0.25) is 4.57 Å². The fraction of sp³-hybridized carbons (Fsp3) is 0.0290. The van der Waals surface area contributed by atoms with E-state index in [1.54, 1.807) is 63.7 Å². The molecule has 3 aromatic heterocycles. The van der Waals surface area contributed by atoms with Crippen LogP contribution < -0.4 is 30.6 Å². The molecule has 0 spiro atoms. The molecule has 9 heteroatoms. The van der Waals surface area contributed by atoms with Crippen molar-refractivity contribution in [3.05, 3.63) is 272 Å². The predicted octanol–water partition coefficient (Wildman–Crippen LogP) is 13.7. The molecule has 0 saturated heterocycles. The van der Waals surface area contributed by atoms with Gasteiger partial charge in [-0.1, -0.05) is 180 Å². The summed E-state index contributed by atoms with van der Waals surface area (Å²) in [6, 6.07) is 58.2. The van der Waals surface area contributed by atoms with Gasteiger partial charge < -0.3 is 18.8 Å². The Morgan fingerprint density at radius 1 is 0.615 bits per heavy atom. The van der Waals surface area contributed by atoms with Crippen LogP contribution in [0, 0.1) is 43.6 Å². The Bertz CT molecular complexity index is 4930. The van der Waals surface area contributed by atoms with Gasteiger partial charge in [-0.05, 0) is 94.5 Å². The minimum atomic E-state index is -0.587. The Kier molecular flexibility index (Phi) is 9.70. The summed E-state index contributed by atoms with van der Waals surface area (Å²) in [7, 11) is 0. The van der Waals surface area contributed by atoms with Crippen LogP contribution in [0.1, 0.15) is 30.4 Å². The first-order chi connectivity index (χ1) is 42.1. The third-order valence-electron chi connectivity index (χ3n) is 14.4. The monoisotopic (exact) mass is 1190 g/mol. The number of hydrogen-bond acceptors (Lipinski definition) is 4. The van der Waals surface area contributed by atoms with Crippen LogP contribution in [0.25, 0.3) is 72.3 Å². The number of aryl methyl sites for hydroxylation is 2. The van der Waals surface area contributed by atoms with Crippen LogP contribution in [0.15, 0.2) is 236 Å². The molecule has 7 nitrogen and oxygen atoms in total. The third kappa shape index (κ3) is 8.10. The van der Waals surface area contributed by atoms with Crippen molar-refractivity contribution in [3.63, 3.8) is 0 Å². The van der Waals surface area contributed by atoms with Crippen LogP contribution in [0.3, 0.4) is 0 Å². The molecule has 4 heterocycles. The first-order valence-corrected chi connectivity index (χ1v) is 25.0. The molecule has 372 valence electrons. The molecule has 1 aliphatic rings. The number of para-hydroxylation sites is 5. The summed E-state index contributed by atoms with van der Waals surface area (Å²) in [6.07, 6.45) is 5.23. The number of rotatable bonds is 9. The minimum absolute atomic E-state index is 0. The van der Waals surface area contributed by atoms with Gasteiger partial charge in [0.15, 0.2) is 0 Å². The molecule has 0 amide bonds. The maximum Gasteiger partial charge on any atom is 0.268 e. The number of anilines is 3. The minimum Gasteiger partial charge on any atom is -0.510 e. The summed E-state index contributed by atoms with van der Waals surface area (Å²) in [5.41, 5.74) is 12.7. The van der Waals surface area contributed by atoms with E-state index in [0.717, 1.165) is 33.4 Å². The molecule has 0 aliphatic carbocycles. The molecule has 0 N–H and O–H groups in total. The van der Waals surface area contributed by atoms with Crippen LogP contribution >= 0.6 is 0 Å². The van der Waals surface area contributed by atoms with E-state index in [1.807, 2.05) is 53.2 Å². The first-order valence-electron chi connectivity index (χ1n) is 30.0. The van der Waals surface area contributed by atoms with Crippen molar-refractivity contribution in [2.45, 2.75) is 13.8 Å². The Morgan fingerprint density at radius 2 is 1.26 bits per heavy atom. The van der Waals surface area contributed by atoms with Gasteiger partial charge in [-0.25, -0.2) is 4.98 Å². The molecule has 0 saturated carbocycles. The Labute approximate surface area is 481 Å². The normalized spacial score (nSPS) is 13.6. The molecule has 0 unspecified atom stereocenters. The van der Waals surface area contributed by atoms with Gasteiger partial charge in [0.25, 0.3) is 6.33 Å². The molecule has 0 radical (unpaired) electrons. The van der Waals surface area contributed by atoms with Crippen LogP contribution in [0.2, 0.25) is 0 Å². The van der Waals surface area contributed by atoms with E-state index in [-0.39, 0.29) is 55.7 Å². The van der Waals surface area contributed by atoms with Crippen molar-refractivity contribution in [2.24, 2.45) is 0 Å². The van der Waals surface area contributed by atoms with Crippen molar-refractivity contribution in [1.82, 2.24) is 14.1 Å². The molecule has 10 aromatic carbocycles. The largest absolute Gasteiger partial charge is 0.510 e. The number of benzene rings is 10. The Balaban J connectivity index is 0.00000714. The van der Waals surface area contributed by atoms with Crippen molar-refractivity contribution in [3.8, 4) is 57.0 Å². The molecule has 1 aliphatic heterocycles. The summed E-state index contributed by atoms with van der Waals surface area (Å²) in [4.78, 5) is 7.32. The number of ether oxygens (including phenoxy) is 1. The number of hydrogen-bond donors (Lipinski definition) is 0. The van der Waals surface area contributed by atoms with Crippen LogP contribution in [0.5, 0.6) is 11.5 Å². The number of fused-ring (bicyclic) bond motifs is 6. The van der Waals surface area contributed by atoms with Crippen molar-refractivity contribution >= 4 is 73.0 Å². The average Bonchev–Trinajstić information content (AvgIpc) is 1.21. The van der Waals surface area contributed by atoms with E-state index < -0.39 is 60.4 Å². The maximum atomic E-state index is 10.1. The van der Waals surface area contributed by atoms with Crippen LogP contribution in [0.4, 0.5) is 17.1 Å².